The lowest BCUT2D eigenvalue weighted by molar-refractivity contribution is -0.140. The van der Waals surface area contributed by atoms with Crippen molar-refractivity contribution in [2.45, 2.75) is 40.2 Å². The Hall–Kier alpha value is -0.940. The van der Waals surface area contributed by atoms with Crippen LogP contribution in [0.2, 0.25) is 0 Å². The van der Waals surface area contributed by atoms with Crippen molar-refractivity contribution in [1.82, 2.24) is 4.90 Å². The molecular formula is C14H25NO4. The van der Waals surface area contributed by atoms with Crippen molar-refractivity contribution in [2.75, 3.05) is 26.4 Å². The van der Waals surface area contributed by atoms with Crippen LogP contribution in [0.25, 0.3) is 0 Å². The van der Waals surface area contributed by atoms with Crippen LogP contribution in [0.1, 0.15) is 34.1 Å². The maximum atomic E-state index is 12.0. The molecule has 1 atom stereocenters. The van der Waals surface area contributed by atoms with Gasteiger partial charge in [0.2, 0.25) is 11.8 Å². The molecule has 0 aliphatic carbocycles. The molecule has 0 aromatic carbocycles. The molecule has 1 unspecified atom stereocenters. The first-order chi connectivity index (χ1) is 8.93. The van der Waals surface area contributed by atoms with Gasteiger partial charge in [-0.05, 0) is 19.8 Å². The number of hydrogen-bond acceptors (Lipinski definition) is 4. The molecule has 0 bridgehead atoms. The minimum absolute atomic E-state index is 0.0537. The summed E-state index contributed by atoms with van der Waals surface area (Å²) < 4.78 is 10.7. The van der Waals surface area contributed by atoms with Gasteiger partial charge in [-0.2, -0.15) is 0 Å². The first-order valence-corrected chi connectivity index (χ1v) is 6.97. The molecule has 0 saturated carbocycles. The molecule has 1 aliphatic rings. The monoisotopic (exact) mass is 271 g/mol. The fourth-order valence-electron chi connectivity index (χ4n) is 2.07. The van der Waals surface area contributed by atoms with Crippen LogP contribution in [0, 0.1) is 11.8 Å². The standard InChI is InChI=1S/C14H25NO4/c1-10(2)12-9-13(16)15(14(12)17)5-6-18-7-8-19-11(3)4/h10-12H,5-9H2,1-4H3. The van der Waals surface area contributed by atoms with Crippen molar-refractivity contribution in [3.05, 3.63) is 0 Å². The molecule has 5 heteroatoms. The topological polar surface area (TPSA) is 55.8 Å². The minimum atomic E-state index is -0.156. The summed E-state index contributed by atoms with van der Waals surface area (Å²) in [4.78, 5) is 25.1. The van der Waals surface area contributed by atoms with Crippen LogP contribution in [-0.4, -0.2) is 49.2 Å². The predicted octanol–water partition coefficient (Wildman–Crippen LogP) is 1.46. The van der Waals surface area contributed by atoms with E-state index in [2.05, 4.69) is 0 Å². The van der Waals surface area contributed by atoms with Crippen LogP contribution in [0.15, 0.2) is 0 Å². The van der Waals surface area contributed by atoms with Gasteiger partial charge in [0.1, 0.15) is 0 Å². The Morgan fingerprint density at radius 2 is 1.84 bits per heavy atom. The van der Waals surface area contributed by atoms with E-state index in [-0.39, 0.29) is 29.8 Å². The molecule has 1 heterocycles. The molecule has 0 spiro atoms. The highest BCUT2D eigenvalue weighted by atomic mass is 16.5. The second kappa shape index (κ2) is 7.60. The van der Waals surface area contributed by atoms with Gasteiger partial charge in [-0.25, -0.2) is 0 Å². The lowest BCUT2D eigenvalue weighted by atomic mass is 9.94. The summed E-state index contributed by atoms with van der Waals surface area (Å²) >= 11 is 0. The van der Waals surface area contributed by atoms with Gasteiger partial charge in [-0.3, -0.25) is 14.5 Å². The van der Waals surface area contributed by atoms with Gasteiger partial charge < -0.3 is 9.47 Å². The van der Waals surface area contributed by atoms with Crippen LogP contribution < -0.4 is 0 Å². The van der Waals surface area contributed by atoms with E-state index < -0.39 is 0 Å². The van der Waals surface area contributed by atoms with E-state index in [1.807, 2.05) is 27.7 Å². The number of nitrogens with zero attached hydrogens (tertiary/aromatic N) is 1. The highest BCUT2D eigenvalue weighted by Crippen LogP contribution is 2.25. The third-order valence-electron chi connectivity index (χ3n) is 3.22. The van der Waals surface area contributed by atoms with Crippen molar-refractivity contribution in [2.24, 2.45) is 11.8 Å². The molecule has 2 amide bonds. The van der Waals surface area contributed by atoms with Crippen molar-refractivity contribution >= 4 is 11.8 Å². The van der Waals surface area contributed by atoms with Gasteiger partial charge >= 0.3 is 0 Å². The summed E-state index contributed by atoms with van der Waals surface area (Å²) in [6.45, 7) is 9.63. The van der Waals surface area contributed by atoms with Crippen LogP contribution >= 0.6 is 0 Å². The number of amides is 2. The Balaban J connectivity index is 2.22. The third kappa shape index (κ3) is 4.91. The van der Waals surface area contributed by atoms with Gasteiger partial charge in [0, 0.05) is 12.3 Å². The first-order valence-electron chi connectivity index (χ1n) is 6.97. The number of hydrogen-bond donors (Lipinski definition) is 0. The number of rotatable bonds is 8. The average Bonchev–Trinajstić information content (AvgIpc) is 2.60. The zero-order valence-corrected chi connectivity index (χ0v) is 12.3. The van der Waals surface area contributed by atoms with E-state index in [4.69, 9.17) is 9.47 Å². The number of carbonyl (C=O) groups excluding carboxylic acids is 2. The van der Waals surface area contributed by atoms with E-state index in [1.54, 1.807) is 0 Å². The maximum absolute atomic E-state index is 12.0. The predicted molar refractivity (Wildman–Crippen MR) is 71.6 cm³/mol. The van der Waals surface area contributed by atoms with Gasteiger partial charge in [0.05, 0.1) is 32.5 Å². The van der Waals surface area contributed by atoms with Crippen LogP contribution in [-0.2, 0) is 19.1 Å². The van der Waals surface area contributed by atoms with E-state index in [1.165, 1.54) is 4.90 Å². The van der Waals surface area contributed by atoms with E-state index in [9.17, 15) is 9.59 Å². The molecule has 0 aromatic heterocycles. The summed E-state index contributed by atoms with van der Waals surface area (Å²) in [5.41, 5.74) is 0. The quantitative estimate of drug-likeness (QED) is 0.495. The van der Waals surface area contributed by atoms with E-state index in [0.29, 0.717) is 32.8 Å². The fraction of sp³-hybridized carbons (Fsp3) is 0.857. The molecule has 1 saturated heterocycles. The Morgan fingerprint density at radius 1 is 1.16 bits per heavy atom. The molecule has 0 radical (unpaired) electrons. The fourth-order valence-corrected chi connectivity index (χ4v) is 2.07. The second-order valence-electron chi connectivity index (χ2n) is 5.47. The largest absolute Gasteiger partial charge is 0.377 e. The number of imide groups is 1. The third-order valence-corrected chi connectivity index (χ3v) is 3.22. The van der Waals surface area contributed by atoms with E-state index >= 15 is 0 Å². The molecule has 1 fully saturated rings. The van der Waals surface area contributed by atoms with Gasteiger partial charge in [0.15, 0.2) is 0 Å². The molecule has 0 N–H and O–H groups in total. The summed E-state index contributed by atoms with van der Waals surface area (Å²) in [5.74, 6) is -0.0775. The summed E-state index contributed by atoms with van der Waals surface area (Å²) in [5, 5.41) is 0. The second-order valence-corrected chi connectivity index (χ2v) is 5.47. The first kappa shape index (κ1) is 16.1. The molecule has 110 valence electrons. The maximum Gasteiger partial charge on any atom is 0.233 e. The lowest BCUT2D eigenvalue weighted by Crippen LogP contribution is -2.34. The van der Waals surface area contributed by atoms with Crippen molar-refractivity contribution in [3.63, 3.8) is 0 Å². The van der Waals surface area contributed by atoms with Crippen LogP contribution in [0.4, 0.5) is 0 Å². The zero-order chi connectivity index (χ0) is 14.4. The lowest BCUT2D eigenvalue weighted by Gasteiger charge is -2.16. The highest BCUT2D eigenvalue weighted by Gasteiger charge is 2.39. The Morgan fingerprint density at radius 3 is 2.37 bits per heavy atom. The molecule has 1 aliphatic heterocycles. The normalized spacial score (nSPS) is 20.1. The van der Waals surface area contributed by atoms with Crippen molar-refractivity contribution in [3.8, 4) is 0 Å². The molecule has 19 heavy (non-hydrogen) atoms. The van der Waals surface area contributed by atoms with Gasteiger partial charge in [-0.15, -0.1) is 0 Å². The number of likely N-dealkylation sites (tertiary alicyclic amines) is 1. The molecule has 0 aromatic rings. The summed E-state index contributed by atoms with van der Waals surface area (Å²) in [6, 6.07) is 0. The zero-order valence-electron chi connectivity index (χ0n) is 12.3. The van der Waals surface area contributed by atoms with Crippen LogP contribution in [0.5, 0.6) is 0 Å². The van der Waals surface area contributed by atoms with E-state index in [0.717, 1.165) is 0 Å². The van der Waals surface area contributed by atoms with Gasteiger partial charge in [0.25, 0.3) is 0 Å². The van der Waals surface area contributed by atoms with Crippen molar-refractivity contribution < 1.29 is 19.1 Å². The summed E-state index contributed by atoms with van der Waals surface area (Å²) in [6.07, 6.45) is 0.532. The molecule has 5 nitrogen and oxygen atoms in total. The van der Waals surface area contributed by atoms with Gasteiger partial charge in [-0.1, -0.05) is 13.8 Å². The Labute approximate surface area is 115 Å². The summed E-state index contributed by atoms with van der Waals surface area (Å²) in [7, 11) is 0. The smallest absolute Gasteiger partial charge is 0.233 e. The Bertz CT molecular complexity index is 315. The van der Waals surface area contributed by atoms with Crippen molar-refractivity contribution in [1.29, 1.82) is 0 Å². The molecule has 1 rings (SSSR count). The average molecular weight is 271 g/mol. The number of carbonyl (C=O) groups is 2. The van der Waals surface area contributed by atoms with Crippen LogP contribution in [0.3, 0.4) is 0 Å². The number of ether oxygens (including phenoxy) is 2. The SMILES string of the molecule is CC(C)OCCOCCN1C(=O)CC(C(C)C)C1=O. The Kier molecular flexibility index (Phi) is 6.45. The minimum Gasteiger partial charge on any atom is -0.377 e. The highest BCUT2D eigenvalue weighted by molar-refractivity contribution is 6.03. The molecular weight excluding hydrogens is 246 g/mol.